The number of benzene rings is 1. The first-order chi connectivity index (χ1) is 11.9. The van der Waals surface area contributed by atoms with Crippen molar-refractivity contribution < 1.29 is 17.6 Å². The van der Waals surface area contributed by atoms with Gasteiger partial charge in [0.15, 0.2) is 9.84 Å². The predicted octanol–water partition coefficient (Wildman–Crippen LogP) is 1.85. The summed E-state index contributed by atoms with van der Waals surface area (Å²) in [5, 5.41) is 2.84. The number of rotatable bonds is 5. The number of hydrogen-bond donors (Lipinski definition) is 1. The Balaban J connectivity index is 1.80. The van der Waals surface area contributed by atoms with Crippen LogP contribution in [0, 0.1) is 5.82 Å². The lowest BCUT2D eigenvalue weighted by atomic mass is 9.91. The summed E-state index contributed by atoms with van der Waals surface area (Å²) in [4.78, 5) is 16.8. The lowest BCUT2D eigenvalue weighted by Gasteiger charge is -2.20. The molecule has 2 atom stereocenters. The Labute approximate surface area is 146 Å². The summed E-state index contributed by atoms with van der Waals surface area (Å²) < 4.78 is 36.4. The van der Waals surface area contributed by atoms with Gasteiger partial charge in [0, 0.05) is 18.4 Å². The Morgan fingerprint density at radius 2 is 2.04 bits per heavy atom. The monoisotopic (exact) mass is 362 g/mol. The van der Waals surface area contributed by atoms with Crippen LogP contribution in [0.2, 0.25) is 0 Å². The molecule has 0 bridgehead atoms. The Kier molecular flexibility index (Phi) is 5.13. The first-order valence-corrected chi connectivity index (χ1v) is 9.90. The van der Waals surface area contributed by atoms with E-state index in [1.54, 1.807) is 30.6 Å². The summed E-state index contributed by atoms with van der Waals surface area (Å²) in [5.41, 5.74) is 1.56. The van der Waals surface area contributed by atoms with E-state index in [-0.39, 0.29) is 29.3 Å². The van der Waals surface area contributed by atoms with Gasteiger partial charge in [-0.3, -0.25) is 9.78 Å². The van der Waals surface area contributed by atoms with Crippen LogP contribution in [0.3, 0.4) is 0 Å². The van der Waals surface area contributed by atoms with Crippen molar-refractivity contribution in [1.29, 1.82) is 0 Å². The van der Waals surface area contributed by atoms with E-state index in [0.29, 0.717) is 18.4 Å². The van der Waals surface area contributed by atoms with Crippen molar-refractivity contribution in [2.45, 2.75) is 24.8 Å². The summed E-state index contributed by atoms with van der Waals surface area (Å²) >= 11 is 0. The lowest BCUT2D eigenvalue weighted by molar-refractivity contribution is -0.123. The molecule has 25 heavy (non-hydrogen) atoms. The maximum absolute atomic E-state index is 13.2. The highest BCUT2D eigenvalue weighted by molar-refractivity contribution is 7.91. The molecule has 3 rings (SSSR count). The van der Waals surface area contributed by atoms with Crippen LogP contribution in [-0.2, 0) is 21.1 Å². The molecule has 132 valence electrons. The number of carbonyl (C=O) groups excluding carboxylic acids is 1. The average Bonchev–Trinajstić information content (AvgIpc) is 2.93. The van der Waals surface area contributed by atoms with Crippen LogP contribution in [0.25, 0.3) is 0 Å². The molecule has 2 unspecified atom stereocenters. The van der Waals surface area contributed by atoms with Crippen LogP contribution >= 0.6 is 0 Å². The second-order valence-corrected chi connectivity index (χ2v) is 8.51. The van der Waals surface area contributed by atoms with E-state index < -0.39 is 15.8 Å². The molecule has 5 nitrogen and oxygen atoms in total. The van der Waals surface area contributed by atoms with Crippen LogP contribution in [-0.4, -0.2) is 36.9 Å². The maximum Gasteiger partial charge on any atom is 0.228 e. The summed E-state index contributed by atoms with van der Waals surface area (Å²) in [6.45, 7) is 0. The molecule has 2 aromatic rings. The van der Waals surface area contributed by atoms with Crippen molar-refractivity contribution in [3.63, 3.8) is 0 Å². The Bertz CT molecular complexity index is 838. The van der Waals surface area contributed by atoms with Crippen molar-refractivity contribution in [2.75, 3.05) is 11.5 Å². The Hall–Kier alpha value is -2.28. The quantitative estimate of drug-likeness (QED) is 0.881. The highest BCUT2D eigenvalue weighted by Gasteiger charge is 2.31. The van der Waals surface area contributed by atoms with Crippen molar-refractivity contribution in [2.24, 2.45) is 0 Å². The molecular formula is C18H19FN2O3S. The fourth-order valence-electron chi connectivity index (χ4n) is 3.02. The molecule has 1 aliphatic heterocycles. The molecule has 0 spiro atoms. The van der Waals surface area contributed by atoms with Crippen molar-refractivity contribution in [1.82, 2.24) is 10.3 Å². The standard InChI is InChI=1S/C18H19FN2O3S/c19-15-5-3-14(4-6-15)17(10-13-2-1-8-20-11-13)18(22)21-16-7-9-25(23,24)12-16/h1-6,8,11,16-17H,7,9-10,12H2,(H,21,22). The third kappa shape index (κ3) is 4.63. The number of hydrogen-bond acceptors (Lipinski definition) is 4. The van der Waals surface area contributed by atoms with Gasteiger partial charge in [0.2, 0.25) is 5.91 Å². The molecule has 1 aliphatic rings. The van der Waals surface area contributed by atoms with E-state index in [9.17, 15) is 17.6 Å². The predicted molar refractivity (Wildman–Crippen MR) is 92.3 cm³/mol. The van der Waals surface area contributed by atoms with E-state index >= 15 is 0 Å². The molecule has 0 saturated carbocycles. The van der Waals surface area contributed by atoms with Gasteiger partial charge in [0.25, 0.3) is 0 Å². The molecule has 1 amide bonds. The van der Waals surface area contributed by atoms with Gasteiger partial charge >= 0.3 is 0 Å². The van der Waals surface area contributed by atoms with Crippen LogP contribution in [0.5, 0.6) is 0 Å². The van der Waals surface area contributed by atoms with E-state index in [0.717, 1.165) is 5.56 Å². The zero-order valence-electron chi connectivity index (χ0n) is 13.6. The first-order valence-electron chi connectivity index (χ1n) is 8.08. The molecule has 0 radical (unpaired) electrons. The van der Waals surface area contributed by atoms with Gasteiger partial charge < -0.3 is 5.32 Å². The lowest BCUT2D eigenvalue weighted by Crippen LogP contribution is -2.39. The molecule has 2 heterocycles. The van der Waals surface area contributed by atoms with E-state index in [1.807, 2.05) is 6.07 Å². The van der Waals surface area contributed by atoms with Crippen LogP contribution in [0.15, 0.2) is 48.8 Å². The van der Waals surface area contributed by atoms with E-state index in [1.165, 1.54) is 12.1 Å². The minimum absolute atomic E-state index is 0.0260. The number of amides is 1. The second kappa shape index (κ2) is 7.31. The van der Waals surface area contributed by atoms with Gasteiger partial charge in [-0.15, -0.1) is 0 Å². The molecule has 1 fully saturated rings. The van der Waals surface area contributed by atoms with Gasteiger partial charge in [-0.25, -0.2) is 12.8 Å². The third-order valence-electron chi connectivity index (χ3n) is 4.33. The Morgan fingerprint density at radius 1 is 1.28 bits per heavy atom. The van der Waals surface area contributed by atoms with Crippen molar-refractivity contribution in [3.05, 3.63) is 65.7 Å². The number of nitrogens with one attached hydrogen (secondary N) is 1. The van der Waals surface area contributed by atoms with Crippen LogP contribution < -0.4 is 5.32 Å². The third-order valence-corrected chi connectivity index (χ3v) is 6.10. The van der Waals surface area contributed by atoms with Gasteiger partial charge in [0.05, 0.1) is 17.4 Å². The zero-order chi connectivity index (χ0) is 17.9. The van der Waals surface area contributed by atoms with Gasteiger partial charge in [-0.1, -0.05) is 18.2 Å². The van der Waals surface area contributed by atoms with E-state index in [2.05, 4.69) is 10.3 Å². The van der Waals surface area contributed by atoms with Gasteiger partial charge in [-0.2, -0.15) is 0 Å². The summed E-state index contributed by atoms with van der Waals surface area (Å²) in [6.07, 6.45) is 4.17. The molecule has 1 N–H and O–H groups in total. The molecule has 0 aliphatic carbocycles. The first kappa shape index (κ1) is 17.5. The number of sulfone groups is 1. The van der Waals surface area contributed by atoms with Gasteiger partial charge in [0.1, 0.15) is 5.82 Å². The minimum Gasteiger partial charge on any atom is -0.352 e. The SMILES string of the molecule is O=C(NC1CCS(=O)(=O)C1)C(Cc1cccnc1)c1ccc(F)cc1. The minimum atomic E-state index is -3.07. The highest BCUT2D eigenvalue weighted by atomic mass is 32.2. The second-order valence-electron chi connectivity index (χ2n) is 6.28. The summed E-state index contributed by atoms with van der Waals surface area (Å²) in [6, 6.07) is 9.10. The number of pyridine rings is 1. The fraction of sp³-hybridized carbons (Fsp3) is 0.333. The van der Waals surface area contributed by atoms with Crippen LogP contribution in [0.4, 0.5) is 4.39 Å². The molecule has 1 aromatic carbocycles. The smallest absolute Gasteiger partial charge is 0.228 e. The Morgan fingerprint density at radius 3 is 2.64 bits per heavy atom. The number of aromatic nitrogens is 1. The molecule has 7 heteroatoms. The average molecular weight is 362 g/mol. The summed E-state index contributed by atoms with van der Waals surface area (Å²) in [5.74, 6) is -1.08. The highest BCUT2D eigenvalue weighted by Crippen LogP contribution is 2.23. The van der Waals surface area contributed by atoms with E-state index in [4.69, 9.17) is 0 Å². The fourth-order valence-corrected chi connectivity index (χ4v) is 4.70. The molecular weight excluding hydrogens is 343 g/mol. The van der Waals surface area contributed by atoms with Crippen molar-refractivity contribution in [3.8, 4) is 0 Å². The summed E-state index contributed by atoms with van der Waals surface area (Å²) in [7, 11) is -3.07. The van der Waals surface area contributed by atoms with Gasteiger partial charge in [-0.05, 0) is 42.2 Å². The van der Waals surface area contributed by atoms with Crippen molar-refractivity contribution >= 4 is 15.7 Å². The number of halogens is 1. The molecule has 1 saturated heterocycles. The van der Waals surface area contributed by atoms with Crippen LogP contribution in [0.1, 0.15) is 23.5 Å². The zero-order valence-corrected chi connectivity index (χ0v) is 14.4. The number of carbonyl (C=O) groups is 1. The number of nitrogens with zero attached hydrogens (tertiary/aromatic N) is 1. The topological polar surface area (TPSA) is 76.1 Å². The normalized spacial score (nSPS) is 20.1. The molecule has 1 aromatic heterocycles. The maximum atomic E-state index is 13.2. The largest absolute Gasteiger partial charge is 0.352 e.